The molecule has 3 aromatic carbocycles. The normalized spacial score (nSPS) is 12.2. The monoisotopic (exact) mass is 603 g/mol. The van der Waals surface area contributed by atoms with Gasteiger partial charge in [-0.2, -0.15) is 0 Å². The predicted octanol–water partition coefficient (Wildman–Crippen LogP) is 6.00. The molecule has 10 heteroatoms. The highest BCUT2D eigenvalue weighted by molar-refractivity contribution is 7.92. The molecule has 1 unspecified atom stereocenters. The summed E-state index contributed by atoms with van der Waals surface area (Å²) in [7, 11) is -4.24. The van der Waals surface area contributed by atoms with Crippen LogP contribution in [-0.4, -0.2) is 44.3 Å². The Bertz CT molecular complexity index is 1460. The highest BCUT2D eigenvalue weighted by Gasteiger charge is 2.33. The molecule has 3 aromatic rings. The van der Waals surface area contributed by atoms with Crippen LogP contribution in [0.4, 0.5) is 5.69 Å². The number of benzene rings is 3. The van der Waals surface area contributed by atoms with E-state index in [4.69, 9.17) is 23.2 Å². The maximum absolute atomic E-state index is 14.0. The maximum Gasteiger partial charge on any atom is 0.264 e. The third-order valence-corrected chi connectivity index (χ3v) is 8.68. The molecule has 0 saturated heterocycles. The highest BCUT2D eigenvalue weighted by Crippen LogP contribution is 2.33. The van der Waals surface area contributed by atoms with Crippen molar-refractivity contribution in [3.63, 3.8) is 0 Å². The molecule has 0 aromatic heterocycles. The van der Waals surface area contributed by atoms with Crippen molar-refractivity contribution in [2.75, 3.05) is 17.4 Å². The molecule has 7 nitrogen and oxygen atoms in total. The molecule has 1 N–H and O–H groups in total. The lowest BCUT2D eigenvalue weighted by atomic mass is 10.1. The van der Waals surface area contributed by atoms with Crippen LogP contribution in [0.15, 0.2) is 71.6 Å². The van der Waals surface area contributed by atoms with Crippen LogP contribution in [0, 0.1) is 19.8 Å². The first-order valence-corrected chi connectivity index (χ1v) is 15.2. The van der Waals surface area contributed by atoms with Crippen LogP contribution in [0.3, 0.4) is 0 Å². The smallest absolute Gasteiger partial charge is 0.264 e. The van der Waals surface area contributed by atoms with Crippen molar-refractivity contribution in [3.8, 4) is 0 Å². The molecule has 0 aliphatic carbocycles. The van der Waals surface area contributed by atoms with Crippen molar-refractivity contribution < 1.29 is 18.0 Å². The largest absolute Gasteiger partial charge is 0.354 e. The van der Waals surface area contributed by atoms with Gasteiger partial charge in [-0.25, -0.2) is 8.42 Å². The van der Waals surface area contributed by atoms with E-state index in [1.54, 1.807) is 19.1 Å². The summed E-state index contributed by atoms with van der Waals surface area (Å²) in [6.45, 7) is 9.33. The second-order valence-corrected chi connectivity index (χ2v) is 13.0. The molecule has 1 atom stereocenters. The quantitative estimate of drug-likeness (QED) is 0.291. The number of carbonyl (C=O) groups excluding carboxylic acids is 2. The number of sulfonamides is 1. The van der Waals surface area contributed by atoms with Gasteiger partial charge in [0, 0.05) is 18.1 Å². The summed E-state index contributed by atoms with van der Waals surface area (Å²) in [5, 5.41) is 3.24. The van der Waals surface area contributed by atoms with E-state index in [1.165, 1.54) is 35.2 Å². The summed E-state index contributed by atoms with van der Waals surface area (Å²) in [6, 6.07) is 17.5. The first kappa shape index (κ1) is 31.5. The van der Waals surface area contributed by atoms with Gasteiger partial charge in [0.15, 0.2) is 0 Å². The van der Waals surface area contributed by atoms with E-state index in [9.17, 15) is 18.0 Å². The highest BCUT2D eigenvalue weighted by atomic mass is 35.5. The van der Waals surface area contributed by atoms with Gasteiger partial charge >= 0.3 is 0 Å². The van der Waals surface area contributed by atoms with E-state index < -0.39 is 28.5 Å². The van der Waals surface area contributed by atoms with Crippen LogP contribution in [0.25, 0.3) is 0 Å². The van der Waals surface area contributed by atoms with Crippen molar-refractivity contribution in [2.45, 2.75) is 52.1 Å². The number of rotatable bonds is 11. The van der Waals surface area contributed by atoms with Crippen LogP contribution in [-0.2, 0) is 26.2 Å². The molecule has 0 spiro atoms. The lowest BCUT2D eigenvalue weighted by Crippen LogP contribution is -2.51. The zero-order chi connectivity index (χ0) is 29.6. The SMILES string of the molecule is Cc1ccc(S(=O)(=O)N(CC(=O)N(Cc2cccc(C)c2)C(C)C(=O)NCC(C)C)c2cc(Cl)ccc2Cl)cc1. The minimum atomic E-state index is -4.24. The van der Waals surface area contributed by atoms with Crippen LogP contribution in [0.1, 0.15) is 37.5 Å². The standard InChI is InChI=1S/C30H35Cl2N3O4S/c1-20(2)17-33-30(37)23(5)34(18-24-8-6-7-22(4)15-24)29(36)19-35(28-16-25(31)11-14-27(28)32)40(38,39)26-12-9-21(3)10-13-26/h6-16,20,23H,17-19H2,1-5H3,(H,33,37). The number of carbonyl (C=O) groups is 2. The summed E-state index contributed by atoms with van der Waals surface area (Å²) >= 11 is 12.7. The lowest BCUT2D eigenvalue weighted by Gasteiger charge is -2.32. The van der Waals surface area contributed by atoms with Crippen LogP contribution >= 0.6 is 23.2 Å². The number of nitrogens with zero attached hydrogens (tertiary/aromatic N) is 2. The third kappa shape index (κ3) is 7.99. The minimum Gasteiger partial charge on any atom is -0.354 e. The number of amides is 2. The summed E-state index contributed by atoms with van der Waals surface area (Å²) in [6.07, 6.45) is 0. The Morgan fingerprint density at radius 1 is 0.900 bits per heavy atom. The molecule has 40 heavy (non-hydrogen) atoms. The van der Waals surface area contributed by atoms with Gasteiger partial charge < -0.3 is 10.2 Å². The molecule has 0 aliphatic heterocycles. The number of anilines is 1. The van der Waals surface area contributed by atoms with Crippen molar-refractivity contribution in [2.24, 2.45) is 5.92 Å². The molecule has 0 radical (unpaired) electrons. The summed E-state index contributed by atoms with van der Waals surface area (Å²) in [5.41, 5.74) is 2.75. The van der Waals surface area contributed by atoms with Gasteiger partial charge in [0.05, 0.1) is 15.6 Å². The first-order chi connectivity index (χ1) is 18.8. The minimum absolute atomic E-state index is 0.00472. The summed E-state index contributed by atoms with van der Waals surface area (Å²) < 4.78 is 28.8. The molecule has 0 fully saturated rings. The number of nitrogens with one attached hydrogen (secondary N) is 1. The molecule has 3 rings (SSSR count). The Morgan fingerprint density at radius 2 is 1.57 bits per heavy atom. The fourth-order valence-corrected chi connectivity index (χ4v) is 5.93. The average Bonchev–Trinajstić information content (AvgIpc) is 2.90. The van der Waals surface area contributed by atoms with E-state index in [0.717, 1.165) is 21.0 Å². The lowest BCUT2D eigenvalue weighted by molar-refractivity contribution is -0.139. The molecule has 2 amide bonds. The molecule has 0 saturated carbocycles. The number of aryl methyl sites for hydroxylation is 2. The Hall–Kier alpha value is -3.07. The Balaban J connectivity index is 2.06. The van der Waals surface area contributed by atoms with E-state index in [0.29, 0.717) is 6.54 Å². The van der Waals surface area contributed by atoms with Gasteiger partial charge in [-0.15, -0.1) is 0 Å². The zero-order valence-corrected chi connectivity index (χ0v) is 25.6. The first-order valence-electron chi connectivity index (χ1n) is 13.0. The predicted molar refractivity (Wildman–Crippen MR) is 161 cm³/mol. The summed E-state index contributed by atoms with van der Waals surface area (Å²) in [4.78, 5) is 28.5. The van der Waals surface area contributed by atoms with Crippen LogP contribution in [0.5, 0.6) is 0 Å². The molecular formula is C30H35Cl2N3O4S. The van der Waals surface area contributed by atoms with Gasteiger partial charge in [-0.05, 0) is 62.6 Å². The Kier molecular flexibility index (Phi) is 10.6. The van der Waals surface area contributed by atoms with Crippen LogP contribution < -0.4 is 9.62 Å². The zero-order valence-electron chi connectivity index (χ0n) is 23.3. The van der Waals surface area contributed by atoms with Gasteiger partial charge in [0.2, 0.25) is 11.8 Å². The second-order valence-electron chi connectivity index (χ2n) is 10.2. The molecule has 0 bridgehead atoms. The van der Waals surface area contributed by atoms with E-state index in [2.05, 4.69) is 5.32 Å². The van der Waals surface area contributed by atoms with Crippen molar-refractivity contribution in [1.29, 1.82) is 0 Å². The number of hydrogen-bond acceptors (Lipinski definition) is 4. The van der Waals surface area contributed by atoms with Crippen molar-refractivity contribution in [3.05, 3.63) is 93.5 Å². The average molecular weight is 605 g/mol. The van der Waals surface area contributed by atoms with E-state index in [1.807, 2.05) is 52.0 Å². The fourth-order valence-electron chi connectivity index (χ4n) is 4.07. The van der Waals surface area contributed by atoms with Gasteiger partial charge in [0.25, 0.3) is 10.0 Å². The van der Waals surface area contributed by atoms with Gasteiger partial charge in [-0.1, -0.05) is 84.6 Å². The van der Waals surface area contributed by atoms with Crippen molar-refractivity contribution in [1.82, 2.24) is 10.2 Å². The number of halogens is 2. The maximum atomic E-state index is 14.0. The molecule has 0 heterocycles. The van der Waals surface area contributed by atoms with E-state index >= 15 is 0 Å². The molecular weight excluding hydrogens is 569 g/mol. The van der Waals surface area contributed by atoms with Crippen LogP contribution in [0.2, 0.25) is 10.0 Å². The van der Waals surface area contributed by atoms with Gasteiger partial charge in [0.1, 0.15) is 12.6 Å². The number of hydrogen-bond donors (Lipinski definition) is 1. The Morgan fingerprint density at radius 3 is 2.20 bits per heavy atom. The second kappa shape index (κ2) is 13.5. The van der Waals surface area contributed by atoms with Crippen molar-refractivity contribution >= 4 is 50.7 Å². The Labute approximate surface area is 247 Å². The summed E-state index contributed by atoms with van der Waals surface area (Å²) in [5.74, 6) is -0.680. The fraction of sp³-hybridized carbons (Fsp3) is 0.333. The third-order valence-electron chi connectivity index (χ3n) is 6.35. The van der Waals surface area contributed by atoms with Gasteiger partial charge in [-0.3, -0.25) is 13.9 Å². The molecule has 214 valence electrons. The van der Waals surface area contributed by atoms with E-state index in [-0.39, 0.29) is 39.0 Å². The topological polar surface area (TPSA) is 86.8 Å². The molecule has 0 aliphatic rings.